The molecule has 0 spiro atoms. The van der Waals surface area contributed by atoms with E-state index in [9.17, 15) is 0 Å². The van der Waals surface area contributed by atoms with Crippen LogP contribution in [-0.4, -0.2) is 11.0 Å². The molecule has 1 atom stereocenters. The molecule has 0 aliphatic carbocycles. The van der Waals surface area contributed by atoms with Gasteiger partial charge in [-0.1, -0.05) is 43.4 Å². The third kappa shape index (κ3) is 5.91. The first-order valence-electron chi connectivity index (χ1n) is 4.28. The van der Waals surface area contributed by atoms with E-state index in [1.54, 1.807) is 0 Å². The summed E-state index contributed by atoms with van der Waals surface area (Å²) in [6.45, 7) is 7.61. The molecule has 0 aliphatic rings. The van der Waals surface area contributed by atoms with Crippen LogP contribution < -0.4 is 5.73 Å². The Labute approximate surface area is 84.3 Å². The van der Waals surface area contributed by atoms with E-state index in [4.69, 9.17) is 5.73 Å². The van der Waals surface area contributed by atoms with E-state index in [0.717, 1.165) is 12.5 Å². The fraction of sp³-hybridized carbons (Fsp3) is 1.00. The number of rotatable bonds is 5. The van der Waals surface area contributed by atoms with Crippen LogP contribution >= 0.6 is 22.6 Å². The molecule has 68 valence electrons. The zero-order valence-electron chi connectivity index (χ0n) is 7.86. The van der Waals surface area contributed by atoms with Crippen LogP contribution in [0.2, 0.25) is 0 Å². The van der Waals surface area contributed by atoms with E-state index in [0.29, 0.717) is 5.41 Å². The molecule has 0 aliphatic heterocycles. The smallest absolute Gasteiger partial charge is 0.000219 e. The molecule has 0 radical (unpaired) electrons. The molecule has 0 fully saturated rings. The summed E-state index contributed by atoms with van der Waals surface area (Å²) < 4.78 is 1.26. The van der Waals surface area contributed by atoms with E-state index in [1.807, 2.05) is 0 Å². The highest BCUT2D eigenvalue weighted by molar-refractivity contribution is 14.1. The SMILES string of the molecule is CC(CCI)CC(C)(C)CN. The van der Waals surface area contributed by atoms with E-state index < -0.39 is 0 Å². The van der Waals surface area contributed by atoms with Crippen LogP contribution in [0.25, 0.3) is 0 Å². The second-order valence-electron chi connectivity index (χ2n) is 4.16. The highest BCUT2D eigenvalue weighted by Crippen LogP contribution is 2.25. The van der Waals surface area contributed by atoms with Crippen molar-refractivity contribution in [2.75, 3.05) is 11.0 Å². The van der Waals surface area contributed by atoms with Gasteiger partial charge in [0.25, 0.3) is 0 Å². The van der Waals surface area contributed by atoms with Gasteiger partial charge in [-0.05, 0) is 35.1 Å². The number of hydrogen-bond donors (Lipinski definition) is 1. The van der Waals surface area contributed by atoms with Crippen molar-refractivity contribution in [2.45, 2.75) is 33.6 Å². The minimum Gasteiger partial charge on any atom is -0.330 e. The summed E-state index contributed by atoms with van der Waals surface area (Å²) in [7, 11) is 0. The van der Waals surface area contributed by atoms with Gasteiger partial charge in [-0.25, -0.2) is 0 Å². The van der Waals surface area contributed by atoms with Gasteiger partial charge in [0.05, 0.1) is 0 Å². The third-order valence-corrected chi connectivity index (χ3v) is 2.68. The molecule has 2 N–H and O–H groups in total. The van der Waals surface area contributed by atoms with E-state index in [-0.39, 0.29) is 0 Å². The van der Waals surface area contributed by atoms with Crippen LogP contribution in [0.4, 0.5) is 0 Å². The molecule has 0 aromatic rings. The molecule has 1 nitrogen and oxygen atoms in total. The molecular formula is C9H20IN. The van der Waals surface area contributed by atoms with Crippen LogP contribution in [0.3, 0.4) is 0 Å². The van der Waals surface area contributed by atoms with Crippen molar-refractivity contribution < 1.29 is 0 Å². The molecule has 0 aromatic carbocycles. The molecule has 0 bridgehead atoms. The maximum Gasteiger partial charge on any atom is -0.000219 e. The van der Waals surface area contributed by atoms with Crippen LogP contribution in [-0.2, 0) is 0 Å². The van der Waals surface area contributed by atoms with Gasteiger partial charge < -0.3 is 5.73 Å². The zero-order chi connectivity index (χ0) is 8.91. The summed E-state index contributed by atoms with van der Waals surface area (Å²) in [4.78, 5) is 0. The molecule has 2 heteroatoms. The van der Waals surface area contributed by atoms with E-state index >= 15 is 0 Å². The average Bonchev–Trinajstić information content (AvgIpc) is 1.87. The largest absolute Gasteiger partial charge is 0.330 e. The molecule has 11 heavy (non-hydrogen) atoms. The van der Waals surface area contributed by atoms with Gasteiger partial charge in [0.15, 0.2) is 0 Å². The molecule has 0 saturated carbocycles. The highest BCUT2D eigenvalue weighted by Gasteiger charge is 2.18. The summed E-state index contributed by atoms with van der Waals surface area (Å²) >= 11 is 2.43. The second-order valence-corrected chi connectivity index (χ2v) is 5.23. The summed E-state index contributed by atoms with van der Waals surface area (Å²) in [5.41, 5.74) is 5.99. The quantitative estimate of drug-likeness (QED) is 0.602. The standard InChI is InChI=1S/C9H20IN/c1-8(4-5-10)6-9(2,3)7-11/h8H,4-7,11H2,1-3H3. The number of halogens is 1. The van der Waals surface area contributed by atoms with Gasteiger partial charge >= 0.3 is 0 Å². The second kappa shape index (κ2) is 5.36. The third-order valence-electron chi connectivity index (χ3n) is 2.06. The minimum absolute atomic E-state index is 0.339. The molecule has 0 heterocycles. The van der Waals surface area contributed by atoms with Crippen LogP contribution in [0, 0.1) is 11.3 Å². The lowest BCUT2D eigenvalue weighted by molar-refractivity contribution is 0.284. The summed E-state index contributed by atoms with van der Waals surface area (Å²) in [5, 5.41) is 0. The summed E-state index contributed by atoms with van der Waals surface area (Å²) in [6, 6.07) is 0. The van der Waals surface area contributed by atoms with Gasteiger partial charge in [-0.2, -0.15) is 0 Å². The van der Waals surface area contributed by atoms with E-state index in [1.165, 1.54) is 17.3 Å². The predicted molar refractivity (Wildman–Crippen MR) is 60.1 cm³/mol. The lowest BCUT2D eigenvalue weighted by Crippen LogP contribution is -2.25. The normalized spacial score (nSPS) is 15.0. The number of alkyl halides is 1. The molecular weight excluding hydrogens is 249 g/mol. The van der Waals surface area contributed by atoms with Gasteiger partial charge in [0.2, 0.25) is 0 Å². The van der Waals surface area contributed by atoms with Gasteiger partial charge in [0.1, 0.15) is 0 Å². The topological polar surface area (TPSA) is 26.0 Å². The summed E-state index contributed by atoms with van der Waals surface area (Å²) in [6.07, 6.45) is 2.58. The lowest BCUT2D eigenvalue weighted by Gasteiger charge is -2.25. The van der Waals surface area contributed by atoms with Crippen molar-refractivity contribution in [3.63, 3.8) is 0 Å². The maximum absolute atomic E-state index is 5.65. The van der Waals surface area contributed by atoms with Crippen molar-refractivity contribution in [1.82, 2.24) is 0 Å². The molecule has 0 aromatic heterocycles. The first-order chi connectivity index (χ1) is 5.02. The van der Waals surface area contributed by atoms with Crippen molar-refractivity contribution in [3.05, 3.63) is 0 Å². The van der Waals surface area contributed by atoms with Gasteiger partial charge in [-0.3, -0.25) is 0 Å². The lowest BCUT2D eigenvalue weighted by atomic mass is 9.83. The molecule has 0 amide bonds. The Morgan fingerprint density at radius 2 is 2.00 bits per heavy atom. The fourth-order valence-corrected chi connectivity index (χ4v) is 2.38. The van der Waals surface area contributed by atoms with Crippen LogP contribution in [0.15, 0.2) is 0 Å². The van der Waals surface area contributed by atoms with Gasteiger partial charge in [-0.15, -0.1) is 0 Å². The molecule has 0 rings (SSSR count). The monoisotopic (exact) mass is 269 g/mol. The molecule has 0 saturated heterocycles. The van der Waals surface area contributed by atoms with Gasteiger partial charge in [0, 0.05) is 0 Å². The van der Waals surface area contributed by atoms with Crippen molar-refractivity contribution in [1.29, 1.82) is 0 Å². The number of hydrogen-bond acceptors (Lipinski definition) is 1. The minimum atomic E-state index is 0.339. The summed E-state index contributed by atoms with van der Waals surface area (Å²) in [5.74, 6) is 0.824. The Morgan fingerprint density at radius 3 is 2.36 bits per heavy atom. The van der Waals surface area contributed by atoms with Crippen molar-refractivity contribution in [2.24, 2.45) is 17.1 Å². The Bertz CT molecular complexity index is 102. The fourth-order valence-electron chi connectivity index (χ4n) is 1.31. The van der Waals surface area contributed by atoms with Crippen molar-refractivity contribution in [3.8, 4) is 0 Å². The van der Waals surface area contributed by atoms with Crippen LogP contribution in [0.5, 0.6) is 0 Å². The first-order valence-corrected chi connectivity index (χ1v) is 5.80. The van der Waals surface area contributed by atoms with E-state index in [2.05, 4.69) is 43.4 Å². The zero-order valence-corrected chi connectivity index (χ0v) is 10.0. The number of nitrogens with two attached hydrogens (primary N) is 1. The average molecular weight is 269 g/mol. The Morgan fingerprint density at radius 1 is 1.45 bits per heavy atom. The Hall–Kier alpha value is 0.690. The first kappa shape index (κ1) is 11.7. The highest BCUT2D eigenvalue weighted by atomic mass is 127. The maximum atomic E-state index is 5.65. The van der Waals surface area contributed by atoms with Crippen LogP contribution in [0.1, 0.15) is 33.6 Å². The molecule has 1 unspecified atom stereocenters. The predicted octanol–water partition coefficient (Wildman–Crippen LogP) is 2.82. The Kier molecular flexibility index (Phi) is 5.69. The van der Waals surface area contributed by atoms with Crippen molar-refractivity contribution >= 4 is 22.6 Å². The Balaban J connectivity index is 3.64.